The first kappa shape index (κ1) is 128. The second-order valence-corrected chi connectivity index (χ2v) is 54.1. The molecule has 3 amide bonds. The van der Waals surface area contributed by atoms with Crippen LogP contribution in [0.2, 0.25) is 19.6 Å². The number of nitrogens with one attached hydrogen (secondary N) is 6. The monoisotopic (exact) mass is 2170 g/mol. The topological polar surface area (TPSA) is 384 Å². The number of likely N-dealkylation sites (tertiary alicyclic amines) is 1. The fraction of sp³-hybridized carbons (Fsp3) is 0.547. The largest absolute Gasteiger partial charge is 2.00 e. The van der Waals surface area contributed by atoms with E-state index in [0.29, 0.717) is 48.4 Å². The van der Waals surface area contributed by atoms with Crippen molar-refractivity contribution in [3.63, 3.8) is 0 Å². The molecule has 8 aromatic rings. The Kier molecular flexibility index (Phi) is 50.6. The first-order valence-corrected chi connectivity index (χ1v) is 55.5. The molecule has 2 saturated heterocycles. The van der Waals surface area contributed by atoms with Gasteiger partial charge in [0.25, 0.3) is 6.47 Å². The van der Waals surface area contributed by atoms with Crippen molar-refractivity contribution in [2.45, 2.75) is 301 Å². The van der Waals surface area contributed by atoms with Gasteiger partial charge in [-0.15, -0.1) is 35.5 Å². The maximum atomic E-state index is 15.4. The zero-order chi connectivity index (χ0) is 103. The number of aryl methyl sites for hydroxylation is 4. The fourth-order valence-electron chi connectivity index (χ4n) is 16.5. The molecule has 4 aliphatic carbocycles. The molecule has 6 heterocycles. The van der Waals surface area contributed by atoms with Crippen LogP contribution in [0.15, 0.2) is 146 Å². The van der Waals surface area contributed by atoms with Gasteiger partial charge >= 0.3 is 58.7 Å². The second-order valence-electron chi connectivity index (χ2n) is 43.1. The third kappa shape index (κ3) is 38.7. The SMILES string of the molecule is Br.CN(c1c[c-]ccc1F)[Si](C)(C)C.Cc1cc(C(CCC2CC2)(NS(=O)C(C)(C)C)c2ccc(F)c(N)c2)ccn1.Cc1cc(C(CCC2CC2)(N[S@@](=O)C(C)(C)C)c2ccc(F)c(NC(=O)[C@H]3C[C@@H](CO)CN3C(=O)OC(C)(C)C)c2)ccn1.Cc1cc(C(CCC2CC2)NS(=O)C(C)(C)C)ccn1.Cc1cc(C(N)(CCC2CC2)c2ccc(F)c(NC(=O)[C@H]3C[C@@H](CO)CN3)c2)ccn1.Cl.O=CO[O-].[H-].[Mg+2].[Na+]. The Morgan fingerprint density at radius 2 is 0.993 bits per heavy atom. The molecule has 786 valence electrons. The number of aliphatic hydroxyl groups excluding tert-OH is 2. The summed E-state index contributed by atoms with van der Waals surface area (Å²) in [6.45, 7) is 37.4. The number of amides is 3. The van der Waals surface area contributed by atoms with Crippen molar-refractivity contribution in [2.24, 2.45) is 41.2 Å². The van der Waals surface area contributed by atoms with Crippen LogP contribution in [0.3, 0.4) is 0 Å². The Labute approximate surface area is 915 Å². The summed E-state index contributed by atoms with van der Waals surface area (Å²) < 4.78 is 113. The minimum Gasteiger partial charge on any atom is -1.00 e. The van der Waals surface area contributed by atoms with E-state index in [4.69, 9.17) is 26.3 Å². The molecule has 38 heteroatoms. The van der Waals surface area contributed by atoms with Gasteiger partial charge in [0.1, 0.15) is 37.3 Å². The number of aromatic nitrogens is 4. The van der Waals surface area contributed by atoms with Gasteiger partial charge in [-0.05, 0) is 341 Å². The van der Waals surface area contributed by atoms with E-state index in [1.165, 1.54) is 79.7 Å². The number of hydrogen-bond donors (Lipinski definition) is 10. The molecule has 12 N–H and O–H groups in total. The summed E-state index contributed by atoms with van der Waals surface area (Å²) in [4.78, 5) is 69.1. The molecule has 4 aromatic carbocycles. The molecule has 0 spiro atoms. The van der Waals surface area contributed by atoms with E-state index >= 15 is 4.39 Å². The number of ether oxygens (including phenoxy) is 1. The summed E-state index contributed by atoms with van der Waals surface area (Å²) in [5.41, 5.74) is 20.3. The molecule has 6 unspecified atom stereocenters. The van der Waals surface area contributed by atoms with Crippen molar-refractivity contribution < 1.29 is 105 Å². The third-order valence-corrected chi connectivity index (χ3v) is 33.1. The van der Waals surface area contributed by atoms with E-state index in [1.807, 2.05) is 150 Å². The number of nitrogens with two attached hydrogens (primary N) is 2. The summed E-state index contributed by atoms with van der Waals surface area (Å²) in [6, 6.07) is 36.4. The van der Waals surface area contributed by atoms with Gasteiger partial charge in [0.05, 0.1) is 86.9 Å². The van der Waals surface area contributed by atoms with Crippen molar-refractivity contribution in [1.29, 1.82) is 0 Å². The summed E-state index contributed by atoms with van der Waals surface area (Å²) in [7, 11) is -3.37. The standard InChI is InChI=1S/C33H47FN4O5S.C24H31FN4O2.C22H30FN3OS.C16H26N2OS.C10H15FNSi.CH2O3.BrH.ClH.Mg.Na.H/c1-21-16-25(13-15-35-21)33(14-12-22-8-9-22,37-44(42)32(5,6)7)24-10-11-26(34)27(18-24)36-29(40)28-17-23(20-39)19-38(28)30(41)43-31(2,3)4;1-15-10-19(7-9-27-15)24(26,8-6-16-2-3-16)18-4-5-20(25)21(12-18)29-23(31)22-11-17(14-30)13-28-22;1-15-13-18(10-12-25-15)22(11-9-16-5-6-16,26-28(27)21(2,3)4)17-7-8-19(23)20(24)14-17;1-12-11-14(9-10-17-12)15(8-7-13-5-6-13)18-20(19)16(2,3)4;1-12(13(2,3)4)10-8-6-5-7-9(10)11;2-1-4-3;;;;;/h10-11,13,15-16,18,22-23,28,37,39H,8-9,12,14,17,19-20H2,1-7H3,(H,36,40);4-5,7,9-10,12,16-17,22,28,30H,2-3,6,8,11,13-14,26H2,1H3,(H,29,31);7-8,10,12-14,16,26H,5-6,9,11,24H2,1-4H3;9-11,13,15,18H,5-8H2,1-4H3;5,7-8H,1-4H3;1,3H;2*1H;;;/q;;;;-1;;;;+2;+1;-1/p-1/t23-,28-,33?,44+;17-,22-,24?;;;;;;;;;/m11........./s1. The Hall–Kier alpha value is -6.64. The maximum Gasteiger partial charge on any atom is 2.00 e. The van der Waals surface area contributed by atoms with E-state index < -0.39 is 114 Å². The van der Waals surface area contributed by atoms with Crippen molar-refractivity contribution in [2.75, 3.05) is 54.3 Å². The summed E-state index contributed by atoms with van der Waals surface area (Å²) in [5, 5.41) is 36.1. The average Bonchev–Trinajstić information content (AvgIpc) is 1.60. The van der Waals surface area contributed by atoms with Crippen LogP contribution in [0, 0.1) is 92.5 Å². The van der Waals surface area contributed by atoms with Gasteiger partial charge in [0.2, 0.25) is 11.8 Å². The van der Waals surface area contributed by atoms with E-state index in [1.54, 1.807) is 87.9 Å². The first-order valence-electron chi connectivity index (χ1n) is 48.6. The molecule has 0 radical (unpaired) electrons. The number of rotatable bonds is 34. The number of nitrogen functional groups attached to an aromatic ring is 1. The molecule has 26 nitrogen and oxygen atoms in total. The van der Waals surface area contributed by atoms with Crippen molar-refractivity contribution in [1.82, 2.24) is 44.3 Å². The number of benzene rings is 4. The van der Waals surface area contributed by atoms with E-state index in [9.17, 15) is 50.4 Å². The number of carbonyl (C=O) groups is 4. The van der Waals surface area contributed by atoms with Crippen molar-refractivity contribution >= 4 is 141 Å². The van der Waals surface area contributed by atoms with Crippen molar-refractivity contribution in [3.05, 3.63) is 237 Å². The minimum atomic E-state index is -1.49. The van der Waals surface area contributed by atoms with Gasteiger partial charge < -0.3 is 58.5 Å². The van der Waals surface area contributed by atoms with E-state index in [2.05, 4.69) is 86.7 Å². The molecule has 4 saturated carbocycles. The van der Waals surface area contributed by atoms with Gasteiger partial charge in [-0.25, -0.2) is 49.1 Å². The molecule has 6 fully saturated rings. The van der Waals surface area contributed by atoms with Gasteiger partial charge in [-0.1, -0.05) is 89.2 Å². The number of nitrogens with zero attached hydrogens (tertiary/aromatic N) is 6. The molecule has 0 bridgehead atoms. The van der Waals surface area contributed by atoms with Gasteiger partial charge in [-0.3, -0.25) is 39.2 Å². The predicted octanol–water partition coefficient (Wildman–Crippen LogP) is 15.7. The molecule has 6 aliphatic rings. The van der Waals surface area contributed by atoms with Gasteiger partial charge in [0.15, 0.2) is 0 Å². The number of aliphatic hydroxyl groups is 2. The summed E-state index contributed by atoms with van der Waals surface area (Å²) >= 11 is 0. The molecule has 2 aliphatic heterocycles. The molecule has 144 heavy (non-hydrogen) atoms. The Morgan fingerprint density at radius 1 is 0.583 bits per heavy atom. The number of anilines is 4. The van der Waals surface area contributed by atoms with Crippen LogP contribution in [-0.2, 0) is 73.6 Å². The number of pyridine rings is 4. The van der Waals surface area contributed by atoms with Crippen LogP contribution in [0.1, 0.15) is 268 Å². The maximum absolute atomic E-state index is 15.4. The van der Waals surface area contributed by atoms with Crippen LogP contribution in [0.5, 0.6) is 0 Å². The molecular weight excluding hydrogens is 2020 g/mol. The fourth-order valence-corrected chi connectivity index (χ4v) is 20.2. The normalized spacial score (nSPS) is 18.6. The second kappa shape index (κ2) is 57.0. The number of carbonyl (C=O) groups excluding carboxylic acids is 4. The predicted molar refractivity (Wildman–Crippen MR) is 574 cm³/mol. The van der Waals surface area contributed by atoms with Gasteiger partial charge in [0, 0.05) is 91.6 Å². The number of hydrogen-bond acceptors (Lipinski definition) is 20. The quantitative estimate of drug-likeness (QED) is 0.00340. The Balaban J connectivity index is 0.000000387. The third-order valence-electron chi connectivity index (χ3n) is 25.9. The van der Waals surface area contributed by atoms with Crippen LogP contribution >= 0.6 is 29.4 Å². The summed E-state index contributed by atoms with van der Waals surface area (Å²) in [6.07, 6.45) is 24.4. The zero-order valence-electron chi connectivity index (χ0n) is 88.8. The smallest absolute Gasteiger partial charge is 1.00 e. The van der Waals surface area contributed by atoms with Crippen molar-refractivity contribution in [3.8, 4) is 0 Å². The Bertz CT molecular complexity index is 5580. The van der Waals surface area contributed by atoms with Gasteiger partial charge in [-0.2, -0.15) is 18.2 Å². The van der Waals surface area contributed by atoms with E-state index in [0.717, 1.165) is 108 Å². The average molecular weight is 2180 g/mol. The minimum absolute atomic E-state index is 0. The van der Waals surface area contributed by atoms with Crippen LogP contribution in [-0.4, -0.2) is 169 Å². The van der Waals surface area contributed by atoms with Crippen LogP contribution in [0.25, 0.3) is 0 Å². The zero-order valence-corrected chi connectivity index (χ0v) is 97.2. The van der Waals surface area contributed by atoms with Crippen LogP contribution in [0.4, 0.5) is 45.1 Å². The molecule has 11 atom stereocenters. The Morgan fingerprint density at radius 3 is 1.42 bits per heavy atom. The van der Waals surface area contributed by atoms with Crippen LogP contribution < -0.4 is 81.0 Å². The van der Waals surface area contributed by atoms with E-state index in [-0.39, 0.29) is 167 Å². The molecule has 14 rings (SSSR count). The summed E-state index contributed by atoms with van der Waals surface area (Å²) in [5.74, 6) is -0.00450. The first-order chi connectivity index (χ1) is 65.7. The molecular formula is C106H153BrClF4MgN14NaO12S3Si. The number of halogens is 6. The molecule has 4 aromatic heterocycles.